The van der Waals surface area contributed by atoms with Crippen molar-refractivity contribution in [3.63, 3.8) is 0 Å². The van der Waals surface area contributed by atoms with Crippen LogP contribution >= 0.6 is 11.3 Å². The average Bonchev–Trinajstić information content (AvgIpc) is 2.92. The minimum Gasteiger partial charge on any atom is -0.430 e. The van der Waals surface area contributed by atoms with E-state index in [-0.39, 0.29) is 0 Å². The molecule has 0 atom stereocenters. The second kappa shape index (κ2) is 8.10. The summed E-state index contributed by atoms with van der Waals surface area (Å²) < 4.78 is 5.74. The van der Waals surface area contributed by atoms with Crippen LogP contribution in [0.2, 0.25) is 0 Å². The van der Waals surface area contributed by atoms with Gasteiger partial charge in [0.15, 0.2) is 0 Å². The van der Waals surface area contributed by atoms with Crippen molar-refractivity contribution in [3.8, 4) is 10.9 Å². The zero-order valence-electron chi connectivity index (χ0n) is 12.9. The molecule has 1 aromatic heterocycles. The third-order valence-corrected chi connectivity index (χ3v) is 3.86. The Balaban J connectivity index is 1.89. The molecule has 0 amide bonds. The van der Waals surface area contributed by atoms with Gasteiger partial charge in [-0.25, -0.2) is 0 Å². The molecular weight excluding hydrogens is 282 g/mol. The Morgan fingerprint density at radius 1 is 1.19 bits per heavy atom. The molecule has 1 aromatic carbocycles. The molecule has 0 saturated carbocycles. The number of aromatic nitrogens is 2. The first-order valence-electron chi connectivity index (χ1n) is 7.50. The molecule has 0 aliphatic carbocycles. The van der Waals surface area contributed by atoms with E-state index in [4.69, 9.17) is 4.74 Å². The van der Waals surface area contributed by atoms with Crippen LogP contribution in [0.25, 0.3) is 0 Å². The van der Waals surface area contributed by atoms with E-state index in [2.05, 4.69) is 48.4 Å². The molecule has 114 valence electrons. The predicted octanol–water partition coefficient (Wildman–Crippen LogP) is 4.17. The highest BCUT2D eigenvalue weighted by molar-refractivity contribution is 7.13. The SMILES string of the molecule is CCCCc1ccc(Oc2nnc(CNC(C)C)s2)cc1. The molecule has 0 bridgehead atoms. The van der Waals surface area contributed by atoms with Crippen molar-refractivity contribution in [2.45, 2.75) is 52.6 Å². The number of ether oxygens (including phenoxy) is 1. The van der Waals surface area contributed by atoms with E-state index in [0.29, 0.717) is 11.2 Å². The van der Waals surface area contributed by atoms with E-state index >= 15 is 0 Å². The fourth-order valence-electron chi connectivity index (χ4n) is 1.85. The summed E-state index contributed by atoms with van der Waals surface area (Å²) >= 11 is 1.48. The summed E-state index contributed by atoms with van der Waals surface area (Å²) in [5.74, 6) is 0.815. The Kier molecular flexibility index (Phi) is 6.14. The number of nitrogens with zero attached hydrogens (tertiary/aromatic N) is 2. The largest absolute Gasteiger partial charge is 0.430 e. The fourth-order valence-corrected chi connectivity index (χ4v) is 2.51. The van der Waals surface area contributed by atoms with E-state index in [0.717, 1.165) is 23.7 Å². The van der Waals surface area contributed by atoms with Crippen LogP contribution in [-0.4, -0.2) is 16.2 Å². The van der Waals surface area contributed by atoms with Gasteiger partial charge in [0.1, 0.15) is 10.8 Å². The maximum absolute atomic E-state index is 5.74. The lowest BCUT2D eigenvalue weighted by Crippen LogP contribution is -2.21. The van der Waals surface area contributed by atoms with Gasteiger partial charge in [-0.1, -0.05) is 55.8 Å². The molecule has 2 aromatic rings. The summed E-state index contributed by atoms with van der Waals surface area (Å²) in [6, 6.07) is 8.67. The van der Waals surface area contributed by atoms with Gasteiger partial charge in [-0.3, -0.25) is 0 Å². The minimum atomic E-state index is 0.439. The van der Waals surface area contributed by atoms with Gasteiger partial charge >= 0.3 is 0 Å². The molecule has 21 heavy (non-hydrogen) atoms. The number of aryl methyl sites for hydroxylation is 1. The molecule has 4 nitrogen and oxygen atoms in total. The van der Waals surface area contributed by atoms with Crippen LogP contribution in [0.1, 0.15) is 44.2 Å². The van der Waals surface area contributed by atoms with Crippen LogP contribution in [0.15, 0.2) is 24.3 Å². The Morgan fingerprint density at radius 3 is 2.62 bits per heavy atom. The zero-order valence-corrected chi connectivity index (χ0v) is 13.7. The van der Waals surface area contributed by atoms with Crippen molar-refractivity contribution in [3.05, 3.63) is 34.8 Å². The lowest BCUT2D eigenvalue weighted by molar-refractivity contribution is 0.472. The van der Waals surface area contributed by atoms with Crippen LogP contribution in [0.3, 0.4) is 0 Å². The van der Waals surface area contributed by atoms with Gasteiger partial charge in [-0.15, -0.1) is 5.10 Å². The summed E-state index contributed by atoms with van der Waals surface area (Å²) in [6.07, 6.45) is 3.57. The number of benzene rings is 1. The predicted molar refractivity (Wildman–Crippen MR) is 87.0 cm³/mol. The van der Waals surface area contributed by atoms with Crippen LogP contribution in [0.4, 0.5) is 0 Å². The second-order valence-electron chi connectivity index (χ2n) is 5.35. The summed E-state index contributed by atoms with van der Waals surface area (Å²) in [5, 5.41) is 13.0. The Labute approximate surface area is 130 Å². The third kappa shape index (κ3) is 5.44. The Bertz CT molecular complexity index is 537. The van der Waals surface area contributed by atoms with Crippen molar-refractivity contribution < 1.29 is 4.74 Å². The van der Waals surface area contributed by atoms with Gasteiger partial charge in [0, 0.05) is 6.04 Å². The first-order valence-corrected chi connectivity index (χ1v) is 8.31. The normalized spacial score (nSPS) is 11.0. The van der Waals surface area contributed by atoms with E-state index in [1.807, 2.05) is 12.1 Å². The number of hydrogen-bond donors (Lipinski definition) is 1. The molecule has 2 rings (SSSR count). The first kappa shape index (κ1) is 15.9. The van der Waals surface area contributed by atoms with Crippen LogP contribution in [0, 0.1) is 0 Å². The molecule has 0 aliphatic heterocycles. The summed E-state index contributed by atoms with van der Waals surface area (Å²) in [5.41, 5.74) is 1.35. The third-order valence-electron chi connectivity index (χ3n) is 3.06. The lowest BCUT2D eigenvalue weighted by atomic mass is 10.1. The van der Waals surface area contributed by atoms with Gasteiger partial charge in [0.05, 0.1) is 6.54 Å². The van der Waals surface area contributed by atoms with Gasteiger partial charge in [-0.2, -0.15) is 0 Å². The molecule has 0 fully saturated rings. The topological polar surface area (TPSA) is 47.0 Å². The van der Waals surface area contributed by atoms with Crippen molar-refractivity contribution in [2.24, 2.45) is 0 Å². The molecule has 5 heteroatoms. The number of rotatable bonds is 8. The Morgan fingerprint density at radius 2 is 1.95 bits per heavy atom. The summed E-state index contributed by atoms with van der Waals surface area (Å²) in [7, 11) is 0. The highest BCUT2D eigenvalue weighted by Crippen LogP contribution is 2.25. The number of nitrogens with one attached hydrogen (secondary N) is 1. The van der Waals surface area contributed by atoms with Crippen molar-refractivity contribution in [2.75, 3.05) is 0 Å². The zero-order chi connectivity index (χ0) is 15.1. The quantitative estimate of drug-likeness (QED) is 0.795. The van der Waals surface area contributed by atoms with Crippen molar-refractivity contribution >= 4 is 11.3 Å². The van der Waals surface area contributed by atoms with E-state index in [1.54, 1.807) is 0 Å². The van der Waals surface area contributed by atoms with Crippen LogP contribution in [-0.2, 0) is 13.0 Å². The maximum Gasteiger partial charge on any atom is 0.299 e. The van der Waals surface area contributed by atoms with Gasteiger partial charge in [0.25, 0.3) is 5.19 Å². The monoisotopic (exact) mass is 305 g/mol. The lowest BCUT2D eigenvalue weighted by Gasteiger charge is -2.04. The van der Waals surface area contributed by atoms with E-state index in [1.165, 1.54) is 29.7 Å². The van der Waals surface area contributed by atoms with E-state index < -0.39 is 0 Å². The molecule has 0 aliphatic rings. The highest BCUT2D eigenvalue weighted by atomic mass is 32.1. The van der Waals surface area contributed by atoms with Crippen LogP contribution in [0.5, 0.6) is 10.9 Å². The fraction of sp³-hybridized carbons (Fsp3) is 0.500. The van der Waals surface area contributed by atoms with Gasteiger partial charge in [0.2, 0.25) is 0 Å². The standard InChI is InChI=1S/C16H23N3OS/c1-4-5-6-13-7-9-14(10-8-13)20-16-19-18-15(21-16)11-17-12(2)3/h7-10,12,17H,4-6,11H2,1-3H3. The molecule has 1 heterocycles. The van der Waals surface area contributed by atoms with Gasteiger partial charge < -0.3 is 10.1 Å². The summed E-state index contributed by atoms with van der Waals surface area (Å²) in [4.78, 5) is 0. The van der Waals surface area contributed by atoms with Crippen molar-refractivity contribution in [1.82, 2.24) is 15.5 Å². The first-order chi connectivity index (χ1) is 10.2. The highest BCUT2D eigenvalue weighted by Gasteiger charge is 2.07. The van der Waals surface area contributed by atoms with Crippen molar-refractivity contribution in [1.29, 1.82) is 0 Å². The molecule has 1 N–H and O–H groups in total. The number of unbranched alkanes of at least 4 members (excludes halogenated alkanes) is 1. The number of hydrogen-bond acceptors (Lipinski definition) is 5. The molecular formula is C16H23N3OS. The second-order valence-corrected chi connectivity index (χ2v) is 6.37. The summed E-state index contributed by atoms with van der Waals surface area (Å²) in [6.45, 7) is 7.16. The smallest absolute Gasteiger partial charge is 0.299 e. The minimum absolute atomic E-state index is 0.439. The average molecular weight is 305 g/mol. The van der Waals surface area contributed by atoms with Crippen LogP contribution < -0.4 is 10.1 Å². The molecule has 0 radical (unpaired) electrons. The molecule has 0 spiro atoms. The van der Waals surface area contributed by atoms with Gasteiger partial charge in [-0.05, 0) is 30.5 Å². The maximum atomic E-state index is 5.74. The Hall–Kier alpha value is -1.46. The molecule has 0 saturated heterocycles. The van der Waals surface area contributed by atoms with E-state index in [9.17, 15) is 0 Å². The molecule has 0 unspecified atom stereocenters.